The van der Waals surface area contributed by atoms with E-state index in [9.17, 15) is 13.6 Å². The molecule has 0 unspecified atom stereocenters. The lowest BCUT2D eigenvalue weighted by Crippen LogP contribution is -2.30. The molecule has 0 radical (unpaired) electrons. The Bertz CT molecular complexity index is 640. The van der Waals surface area contributed by atoms with E-state index in [4.69, 9.17) is 4.74 Å². The molecule has 2 aliphatic carbocycles. The van der Waals surface area contributed by atoms with Gasteiger partial charge in [-0.1, -0.05) is 45.4 Å². The Kier molecular flexibility index (Phi) is 7.87. The fraction of sp³-hybridized carbons (Fsp3) is 0.708. The fourth-order valence-electron chi connectivity index (χ4n) is 5.20. The van der Waals surface area contributed by atoms with Crippen molar-refractivity contribution >= 4 is 5.97 Å². The maximum Gasteiger partial charge on any atom is 0.314 e. The van der Waals surface area contributed by atoms with Crippen LogP contribution in [0.5, 0.6) is 5.75 Å². The number of unbranched alkanes of at least 4 members (excludes halogenated alkanes) is 2. The monoisotopic (exact) mass is 396 g/mol. The highest BCUT2D eigenvalue weighted by molar-refractivity contribution is 5.75. The topological polar surface area (TPSA) is 26.3 Å². The number of halogens is 2. The maximum absolute atomic E-state index is 13.3. The summed E-state index contributed by atoms with van der Waals surface area (Å²) in [6, 6.07) is 3.24. The van der Waals surface area contributed by atoms with E-state index in [1.807, 2.05) is 0 Å². The second-order valence-electron chi connectivity index (χ2n) is 8.89. The van der Waals surface area contributed by atoms with Gasteiger partial charge in [0.05, 0.1) is 5.92 Å². The predicted molar refractivity (Wildman–Crippen MR) is 111 cm³/mol. The molecule has 160 valence electrons. The Labute approximate surface area is 171 Å². The third-order valence-corrected chi connectivity index (χ3v) is 6.99. The molecule has 0 saturated heterocycles. The van der Waals surface area contributed by atoms with E-state index in [-0.39, 0.29) is 20.5 Å². The van der Waals surface area contributed by atoms with Gasteiger partial charge in [-0.05, 0) is 68.4 Å². The van der Waals surface area contributed by atoms with Gasteiger partial charge in [0.25, 0.3) is 0 Å². The number of hydrogen-bond acceptors (Lipinski definition) is 2. The van der Waals surface area contributed by atoms with E-state index >= 15 is 0 Å². The summed E-state index contributed by atoms with van der Waals surface area (Å²) < 4.78 is 31.6. The third-order valence-electron chi connectivity index (χ3n) is 6.99. The Morgan fingerprint density at radius 1 is 0.964 bits per heavy atom. The van der Waals surface area contributed by atoms with Crippen LogP contribution in [0.1, 0.15) is 86.8 Å². The highest BCUT2D eigenvalue weighted by Gasteiger charge is 2.33. The molecule has 2 aliphatic rings. The Hall–Kier alpha value is -1.45. The van der Waals surface area contributed by atoms with Crippen molar-refractivity contribution in [1.29, 1.82) is 0 Å². The van der Waals surface area contributed by atoms with Gasteiger partial charge in [0.2, 0.25) is 0 Å². The summed E-state index contributed by atoms with van der Waals surface area (Å²) in [4.78, 5) is 12.4. The number of esters is 1. The lowest BCUT2D eigenvalue weighted by Gasteiger charge is -2.37. The zero-order chi connectivity index (χ0) is 19.9. The van der Waals surface area contributed by atoms with E-state index in [0.29, 0.717) is 0 Å². The minimum Gasteiger partial charge on any atom is -0.426 e. The van der Waals surface area contributed by atoms with Crippen LogP contribution >= 0.6 is 0 Å². The second-order valence-corrected chi connectivity index (χ2v) is 8.89. The molecule has 0 atom stereocenters. The van der Waals surface area contributed by atoms with Crippen molar-refractivity contribution in [1.82, 2.24) is 0 Å². The SMILES string of the molecule is CCCCCC1CCC(C2CCC(C(=O)Oc3ccc(F)c(F)c3)CC2)CC1.[HH].[HH]. The van der Waals surface area contributed by atoms with E-state index in [1.165, 1.54) is 57.4 Å². The molecule has 28 heavy (non-hydrogen) atoms. The van der Waals surface area contributed by atoms with Crippen molar-refractivity contribution in [2.45, 2.75) is 84.0 Å². The van der Waals surface area contributed by atoms with Crippen molar-refractivity contribution < 1.29 is 21.2 Å². The van der Waals surface area contributed by atoms with E-state index in [1.54, 1.807) is 0 Å². The molecule has 0 aromatic heterocycles. The summed E-state index contributed by atoms with van der Waals surface area (Å²) >= 11 is 0. The number of carbonyl (C=O) groups is 1. The summed E-state index contributed by atoms with van der Waals surface area (Å²) in [6.45, 7) is 2.26. The van der Waals surface area contributed by atoms with Gasteiger partial charge in [0.1, 0.15) is 5.75 Å². The van der Waals surface area contributed by atoms with Crippen LogP contribution in [0, 0.1) is 35.3 Å². The summed E-state index contributed by atoms with van der Waals surface area (Å²) in [6.07, 6.45) is 14.8. The Morgan fingerprint density at radius 3 is 2.21 bits per heavy atom. The van der Waals surface area contributed by atoms with Gasteiger partial charge in [0.15, 0.2) is 11.6 Å². The molecule has 0 N–H and O–H groups in total. The lowest BCUT2D eigenvalue weighted by molar-refractivity contribution is -0.140. The molecule has 2 nitrogen and oxygen atoms in total. The van der Waals surface area contributed by atoms with Crippen LogP contribution < -0.4 is 4.74 Å². The average molecular weight is 397 g/mol. The quantitative estimate of drug-likeness (QED) is 0.270. The molecule has 3 rings (SSSR count). The van der Waals surface area contributed by atoms with Gasteiger partial charge in [-0.2, -0.15) is 0 Å². The van der Waals surface area contributed by atoms with E-state index in [0.717, 1.165) is 55.6 Å². The van der Waals surface area contributed by atoms with E-state index in [2.05, 4.69) is 6.92 Å². The highest BCUT2D eigenvalue weighted by Crippen LogP contribution is 2.42. The van der Waals surface area contributed by atoms with Crippen LogP contribution in [0.3, 0.4) is 0 Å². The molecular formula is C24H38F2O2. The van der Waals surface area contributed by atoms with Gasteiger partial charge in [-0.25, -0.2) is 8.78 Å². The summed E-state index contributed by atoms with van der Waals surface area (Å²) in [5.41, 5.74) is 0. The molecule has 0 heterocycles. The third kappa shape index (κ3) is 5.78. The molecule has 0 bridgehead atoms. The highest BCUT2D eigenvalue weighted by atomic mass is 19.2. The van der Waals surface area contributed by atoms with Crippen molar-refractivity contribution in [3.8, 4) is 5.75 Å². The largest absolute Gasteiger partial charge is 0.426 e. The van der Waals surface area contributed by atoms with Crippen molar-refractivity contribution in [3.63, 3.8) is 0 Å². The molecule has 0 amide bonds. The fourth-order valence-corrected chi connectivity index (χ4v) is 5.20. The minimum atomic E-state index is -0.987. The number of ether oxygens (including phenoxy) is 1. The van der Waals surface area contributed by atoms with Gasteiger partial charge < -0.3 is 4.74 Å². The van der Waals surface area contributed by atoms with Crippen LogP contribution in [-0.4, -0.2) is 5.97 Å². The van der Waals surface area contributed by atoms with Crippen LogP contribution in [0.2, 0.25) is 0 Å². The first-order chi connectivity index (χ1) is 13.6. The number of benzene rings is 1. The molecule has 1 aromatic carbocycles. The van der Waals surface area contributed by atoms with Crippen LogP contribution in [0.15, 0.2) is 18.2 Å². The average Bonchev–Trinajstić information content (AvgIpc) is 2.72. The molecule has 2 saturated carbocycles. The summed E-state index contributed by atoms with van der Waals surface area (Å²) in [5, 5.41) is 0. The molecule has 2 fully saturated rings. The van der Waals surface area contributed by atoms with Gasteiger partial charge in [0, 0.05) is 8.92 Å². The van der Waals surface area contributed by atoms with Crippen molar-refractivity contribution in [3.05, 3.63) is 29.8 Å². The lowest BCUT2D eigenvalue weighted by atomic mass is 9.68. The van der Waals surface area contributed by atoms with Crippen LogP contribution in [-0.2, 0) is 4.79 Å². The second kappa shape index (κ2) is 10.4. The van der Waals surface area contributed by atoms with Gasteiger partial charge in [-0.3, -0.25) is 4.79 Å². The minimum absolute atomic E-state index is 0. The number of rotatable bonds is 7. The van der Waals surface area contributed by atoms with Gasteiger partial charge >= 0.3 is 5.97 Å². The van der Waals surface area contributed by atoms with Crippen molar-refractivity contribution in [2.75, 3.05) is 0 Å². The van der Waals surface area contributed by atoms with Gasteiger partial charge in [-0.15, -0.1) is 0 Å². The first-order valence-corrected chi connectivity index (χ1v) is 11.2. The smallest absolute Gasteiger partial charge is 0.314 e. The van der Waals surface area contributed by atoms with Crippen LogP contribution in [0.4, 0.5) is 8.78 Å². The normalized spacial score (nSPS) is 28.1. The first kappa shape index (κ1) is 21.3. The Balaban J connectivity index is 0.00000225. The van der Waals surface area contributed by atoms with Crippen LogP contribution in [0.25, 0.3) is 0 Å². The summed E-state index contributed by atoms with van der Waals surface area (Å²) in [7, 11) is 0. The number of hydrogen-bond donors (Lipinski definition) is 0. The standard InChI is InChI=1S/C24H34F2O2.2H2/c1-2-3-4-5-17-6-8-18(9-7-17)19-10-12-20(13-11-19)24(27)28-21-14-15-22(25)23(26)16-21;;/h14-20H,2-13H2,1H3;2*1H. The summed E-state index contributed by atoms with van der Waals surface area (Å²) in [5.74, 6) is 0.255. The molecule has 4 heteroatoms. The zero-order valence-electron chi connectivity index (χ0n) is 17.1. The molecule has 0 aliphatic heterocycles. The Morgan fingerprint density at radius 2 is 1.61 bits per heavy atom. The predicted octanol–water partition coefficient (Wildman–Crippen LogP) is 7.56. The molecule has 1 aromatic rings. The first-order valence-electron chi connectivity index (χ1n) is 11.2. The maximum atomic E-state index is 13.3. The number of carbonyl (C=O) groups excluding carboxylic acids is 1. The molecule has 0 spiro atoms. The van der Waals surface area contributed by atoms with E-state index < -0.39 is 11.6 Å². The molecular weight excluding hydrogens is 358 g/mol. The van der Waals surface area contributed by atoms with Crippen molar-refractivity contribution in [2.24, 2.45) is 23.7 Å². The zero-order valence-corrected chi connectivity index (χ0v) is 17.1.